The first kappa shape index (κ1) is 18.3. The van der Waals surface area contributed by atoms with Crippen molar-refractivity contribution in [3.05, 3.63) is 42.0 Å². The molecule has 2 aromatic carbocycles. The van der Waals surface area contributed by atoms with Crippen molar-refractivity contribution in [1.29, 1.82) is 0 Å². The molecule has 0 saturated heterocycles. The zero-order chi connectivity index (χ0) is 10.1. The molecular weight excluding hydrogens is 342 g/mol. The summed E-state index contributed by atoms with van der Waals surface area (Å²) in [7, 11) is 0. The smallest absolute Gasteiger partial charge is 1.00 e. The van der Waals surface area contributed by atoms with Crippen molar-refractivity contribution in [2.24, 2.45) is 0 Å². The second kappa shape index (κ2) is 8.46. The zero-order valence-corrected chi connectivity index (χ0v) is 14.3. The van der Waals surface area contributed by atoms with E-state index in [1.807, 2.05) is 0 Å². The maximum Gasteiger partial charge on any atom is 3.00 e. The molecule has 0 atom stereocenters. The van der Waals surface area contributed by atoms with Crippen LogP contribution in [0, 0.1) is 0 Å². The summed E-state index contributed by atoms with van der Waals surface area (Å²) in [5, 5.41) is 2.91. The van der Waals surface area contributed by atoms with E-state index in [1.54, 1.807) is 5.56 Å². The second-order valence-corrected chi connectivity index (χ2v) is 4.71. The van der Waals surface area contributed by atoms with Crippen LogP contribution in [-0.2, 0) is 26.2 Å². The Morgan fingerprint density at radius 1 is 0.944 bits per heavy atom. The van der Waals surface area contributed by atoms with Gasteiger partial charge < -0.3 is 24.8 Å². The van der Waals surface area contributed by atoms with E-state index in [2.05, 4.69) is 36.4 Å². The second-order valence-electron chi connectivity index (χ2n) is 4.71. The van der Waals surface area contributed by atoms with E-state index in [0.29, 0.717) is 0 Å². The van der Waals surface area contributed by atoms with Crippen LogP contribution >= 0.6 is 0 Å². The van der Waals surface area contributed by atoms with Gasteiger partial charge in [-0.2, -0.15) is 12.1 Å². The predicted octanol–water partition coefficient (Wildman–Crippen LogP) is -1.39. The standard InChI is InChI=1S/C15H17.2ClH.Zr/c1-2-6-12(7-3-1)14-10-4-8-13-9-5-11-15(13)14;;;/h4-5,8-12H,1-3,6-7H2;2*1H;/q-1;;;+3/p-2. The Balaban J connectivity index is 0.000000963. The topological polar surface area (TPSA) is 0 Å². The first-order valence-electron chi connectivity index (χ1n) is 6.09. The summed E-state index contributed by atoms with van der Waals surface area (Å²) in [5.74, 6) is 0.824. The van der Waals surface area contributed by atoms with Gasteiger partial charge in [-0.1, -0.05) is 30.9 Å². The molecule has 0 aromatic heterocycles. The molecule has 1 radical (unpaired) electrons. The van der Waals surface area contributed by atoms with E-state index in [-0.39, 0.29) is 51.0 Å². The molecule has 0 aliphatic heterocycles. The van der Waals surface area contributed by atoms with Crippen LogP contribution in [0.25, 0.3) is 10.8 Å². The van der Waals surface area contributed by atoms with Gasteiger partial charge in [-0.05, 0) is 18.8 Å². The molecule has 18 heavy (non-hydrogen) atoms. The first-order chi connectivity index (χ1) is 7.45. The van der Waals surface area contributed by atoms with Gasteiger partial charge in [0.05, 0.1) is 0 Å². The van der Waals surface area contributed by atoms with Crippen molar-refractivity contribution in [2.75, 3.05) is 0 Å². The molecule has 0 unspecified atom stereocenters. The Hall–Kier alpha value is 0.293. The van der Waals surface area contributed by atoms with Crippen molar-refractivity contribution in [1.82, 2.24) is 0 Å². The van der Waals surface area contributed by atoms with E-state index >= 15 is 0 Å². The predicted molar refractivity (Wildman–Crippen MR) is 65.4 cm³/mol. The van der Waals surface area contributed by atoms with Crippen LogP contribution in [0.15, 0.2) is 36.4 Å². The molecule has 3 rings (SSSR count). The number of rotatable bonds is 1. The number of fused-ring (bicyclic) bond motifs is 1. The number of hydrogen-bond acceptors (Lipinski definition) is 0. The van der Waals surface area contributed by atoms with E-state index in [0.717, 1.165) is 5.92 Å². The van der Waals surface area contributed by atoms with Crippen molar-refractivity contribution in [3.8, 4) is 0 Å². The van der Waals surface area contributed by atoms with Crippen LogP contribution in [0.2, 0.25) is 0 Å². The molecule has 0 bridgehead atoms. The van der Waals surface area contributed by atoms with Gasteiger partial charge in [-0.15, -0.1) is 29.0 Å². The van der Waals surface area contributed by atoms with Gasteiger partial charge in [0.1, 0.15) is 0 Å². The Labute approximate surface area is 141 Å². The average Bonchev–Trinajstić information content (AvgIpc) is 2.78. The van der Waals surface area contributed by atoms with Crippen LogP contribution in [0.4, 0.5) is 0 Å². The molecule has 1 aliphatic carbocycles. The summed E-state index contributed by atoms with van der Waals surface area (Å²) in [5.41, 5.74) is 1.59. The molecule has 0 spiro atoms. The van der Waals surface area contributed by atoms with Crippen LogP contribution in [-0.4, -0.2) is 0 Å². The summed E-state index contributed by atoms with van der Waals surface area (Å²) in [6.45, 7) is 0. The fourth-order valence-electron chi connectivity index (χ4n) is 2.96. The maximum atomic E-state index is 2.33. The molecule has 95 valence electrons. The molecule has 0 nitrogen and oxygen atoms in total. The third-order valence-electron chi connectivity index (χ3n) is 3.76. The van der Waals surface area contributed by atoms with E-state index in [1.165, 1.54) is 42.9 Å². The van der Waals surface area contributed by atoms with Crippen LogP contribution < -0.4 is 24.8 Å². The molecule has 1 fully saturated rings. The summed E-state index contributed by atoms with van der Waals surface area (Å²) in [6, 6.07) is 13.4. The van der Waals surface area contributed by atoms with Crippen LogP contribution in [0.5, 0.6) is 0 Å². The normalized spacial score (nSPS) is 15.3. The average molecular weight is 359 g/mol. The van der Waals surface area contributed by atoms with Gasteiger partial charge in [0.15, 0.2) is 0 Å². The Kier molecular flexibility index (Phi) is 8.60. The van der Waals surface area contributed by atoms with Gasteiger partial charge in [0, 0.05) is 0 Å². The van der Waals surface area contributed by atoms with Gasteiger partial charge in [0.25, 0.3) is 0 Å². The van der Waals surface area contributed by atoms with Crippen molar-refractivity contribution in [2.45, 2.75) is 38.0 Å². The molecule has 2 aromatic rings. The number of benzene rings is 1. The Morgan fingerprint density at radius 3 is 2.39 bits per heavy atom. The first-order valence-corrected chi connectivity index (χ1v) is 6.09. The van der Waals surface area contributed by atoms with E-state index < -0.39 is 0 Å². The zero-order valence-electron chi connectivity index (χ0n) is 10.3. The third kappa shape index (κ3) is 3.65. The van der Waals surface area contributed by atoms with Crippen molar-refractivity contribution >= 4 is 10.8 Å². The van der Waals surface area contributed by atoms with Crippen LogP contribution in [0.1, 0.15) is 43.6 Å². The SMILES string of the molecule is [Cl-].[Cl-].[Zr+3].c1cc(C2CCCCC2)c2cc[cH-]c2c1. The Morgan fingerprint density at radius 2 is 1.67 bits per heavy atom. The summed E-state index contributed by atoms with van der Waals surface area (Å²) in [6.07, 6.45) is 7.06. The summed E-state index contributed by atoms with van der Waals surface area (Å²) >= 11 is 0. The summed E-state index contributed by atoms with van der Waals surface area (Å²) < 4.78 is 0. The molecule has 0 amide bonds. The minimum atomic E-state index is 0. The molecule has 0 heterocycles. The van der Waals surface area contributed by atoms with E-state index in [9.17, 15) is 0 Å². The quantitative estimate of drug-likeness (QED) is 0.551. The van der Waals surface area contributed by atoms with Gasteiger partial charge >= 0.3 is 26.2 Å². The van der Waals surface area contributed by atoms with Gasteiger partial charge in [0.2, 0.25) is 0 Å². The summed E-state index contributed by atoms with van der Waals surface area (Å²) in [4.78, 5) is 0. The van der Waals surface area contributed by atoms with Crippen LogP contribution in [0.3, 0.4) is 0 Å². The number of hydrogen-bond donors (Lipinski definition) is 0. The van der Waals surface area contributed by atoms with Gasteiger partial charge in [-0.3, -0.25) is 0 Å². The number of halogens is 2. The van der Waals surface area contributed by atoms with Crippen molar-refractivity contribution in [3.63, 3.8) is 0 Å². The van der Waals surface area contributed by atoms with E-state index in [4.69, 9.17) is 0 Å². The molecule has 0 N–H and O–H groups in total. The largest absolute Gasteiger partial charge is 3.00 e. The fraction of sp³-hybridized carbons (Fsp3) is 0.400. The fourth-order valence-corrected chi connectivity index (χ4v) is 2.96. The van der Waals surface area contributed by atoms with Gasteiger partial charge in [-0.25, -0.2) is 0 Å². The minimum absolute atomic E-state index is 0. The molecule has 3 heteroatoms. The molecule has 1 saturated carbocycles. The van der Waals surface area contributed by atoms with Crippen molar-refractivity contribution < 1.29 is 51.0 Å². The Bertz CT molecular complexity index is 458. The third-order valence-corrected chi connectivity index (χ3v) is 3.76. The molecule has 1 aliphatic rings. The monoisotopic (exact) mass is 357 g/mol. The maximum absolute atomic E-state index is 2.33. The minimum Gasteiger partial charge on any atom is -1.00 e. The molecular formula is C15H17Cl2Zr.